The number of pyridine rings is 1. The molecule has 5 rings (SSSR count). The first kappa shape index (κ1) is 21.4. The zero-order valence-corrected chi connectivity index (χ0v) is 19.0. The van der Waals surface area contributed by atoms with Crippen LogP contribution in [-0.2, 0) is 10.0 Å². The Morgan fingerprint density at radius 1 is 0.909 bits per heavy atom. The van der Waals surface area contributed by atoms with Crippen LogP contribution in [0, 0.1) is 0 Å². The summed E-state index contributed by atoms with van der Waals surface area (Å²) >= 11 is 0. The maximum absolute atomic E-state index is 13.2. The van der Waals surface area contributed by atoms with E-state index in [9.17, 15) is 8.42 Å². The summed E-state index contributed by atoms with van der Waals surface area (Å²) in [5.41, 5.74) is 2.73. The van der Waals surface area contributed by atoms with E-state index >= 15 is 0 Å². The fourth-order valence-corrected chi connectivity index (χ4v) is 5.60. The van der Waals surface area contributed by atoms with Crippen LogP contribution in [0.15, 0.2) is 90.0 Å². The minimum Gasteiger partial charge on any atom is -0.497 e. The Morgan fingerprint density at radius 3 is 2.33 bits per heavy atom. The number of methoxy groups -OCH3 is 1. The van der Waals surface area contributed by atoms with Crippen LogP contribution in [-0.4, -0.2) is 44.0 Å². The summed E-state index contributed by atoms with van der Waals surface area (Å²) in [7, 11) is -1.97. The molecule has 1 aromatic heterocycles. The average Bonchev–Trinajstić information content (AvgIpc) is 3.34. The van der Waals surface area contributed by atoms with Gasteiger partial charge >= 0.3 is 0 Å². The number of rotatable bonds is 6. The minimum absolute atomic E-state index is 0.217. The van der Waals surface area contributed by atoms with E-state index in [4.69, 9.17) is 9.47 Å². The Labute approximate surface area is 193 Å². The smallest absolute Gasteiger partial charge is 0.243 e. The SMILES string of the molecule is COc1ccc(-c2ccc(S(=O)(=O)N3CCC(Oc4cccc5cccnc45)C3)cc2)cc1. The van der Waals surface area contributed by atoms with E-state index in [-0.39, 0.29) is 11.0 Å². The van der Waals surface area contributed by atoms with Crippen LogP contribution in [0.25, 0.3) is 22.0 Å². The van der Waals surface area contributed by atoms with E-state index in [1.807, 2.05) is 66.7 Å². The lowest BCUT2D eigenvalue weighted by atomic mass is 10.1. The maximum atomic E-state index is 13.2. The molecule has 3 aromatic carbocycles. The van der Waals surface area contributed by atoms with E-state index in [0.29, 0.717) is 25.3 Å². The summed E-state index contributed by atoms with van der Waals surface area (Å²) in [6.07, 6.45) is 2.15. The maximum Gasteiger partial charge on any atom is 0.243 e. The van der Waals surface area contributed by atoms with Crippen molar-refractivity contribution in [3.8, 4) is 22.6 Å². The van der Waals surface area contributed by atoms with Gasteiger partial charge in [-0.1, -0.05) is 42.5 Å². The van der Waals surface area contributed by atoms with E-state index in [2.05, 4.69) is 4.98 Å². The summed E-state index contributed by atoms with van der Waals surface area (Å²) in [5.74, 6) is 1.46. The fraction of sp³-hybridized carbons (Fsp3) is 0.192. The highest BCUT2D eigenvalue weighted by molar-refractivity contribution is 7.89. The lowest BCUT2D eigenvalue weighted by Crippen LogP contribution is -2.31. The molecule has 0 spiro atoms. The van der Waals surface area contributed by atoms with Crippen molar-refractivity contribution in [3.63, 3.8) is 0 Å². The number of fused-ring (bicyclic) bond motifs is 1. The lowest BCUT2D eigenvalue weighted by Gasteiger charge is -2.18. The minimum atomic E-state index is -3.60. The first-order valence-electron chi connectivity index (χ1n) is 10.8. The summed E-state index contributed by atoms with van der Waals surface area (Å²) in [6.45, 7) is 0.733. The van der Waals surface area contributed by atoms with Gasteiger partial charge in [-0.3, -0.25) is 4.98 Å². The van der Waals surface area contributed by atoms with Crippen molar-refractivity contribution in [2.45, 2.75) is 17.4 Å². The highest BCUT2D eigenvalue weighted by Gasteiger charge is 2.34. The Kier molecular flexibility index (Phi) is 5.74. The number of para-hydroxylation sites is 1. The second-order valence-corrected chi connectivity index (χ2v) is 9.91. The molecule has 2 heterocycles. The molecule has 33 heavy (non-hydrogen) atoms. The number of aromatic nitrogens is 1. The van der Waals surface area contributed by atoms with E-state index in [1.54, 1.807) is 25.4 Å². The number of sulfonamides is 1. The van der Waals surface area contributed by atoms with Crippen molar-refractivity contribution >= 4 is 20.9 Å². The van der Waals surface area contributed by atoms with Gasteiger partial charge in [0.05, 0.1) is 18.6 Å². The standard InChI is InChI=1S/C26H24N2O4S/c1-31-22-11-7-19(8-12-22)20-9-13-24(14-10-20)33(29,30)28-17-15-23(18-28)32-25-6-2-4-21-5-3-16-27-26(21)25/h2-14,16,23H,15,17-18H2,1H3. The molecule has 0 bridgehead atoms. The molecule has 1 unspecified atom stereocenters. The highest BCUT2D eigenvalue weighted by Crippen LogP contribution is 2.29. The monoisotopic (exact) mass is 460 g/mol. The molecule has 6 nitrogen and oxygen atoms in total. The first-order chi connectivity index (χ1) is 16.0. The second kappa shape index (κ2) is 8.84. The van der Waals surface area contributed by atoms with Crippen LogP contribution >= 0.6 is 0 Å². The molecule has 0 saturated carbocycles. The third-order valence-corrected chi connectivity index (χ3v) is 7.79. The molecule has 168 valence electrons. The molecule has 0 amide bonds. The van der Waals surface area contributed by atoms with Crippen LogP contribution in [0.3, 0.4) is 0 Å². The van der Waals surface area contributed by atoms with Crippen molar-refractivity contribution in [2.24, 2.45) is 0 Å². The van der Waals surface area contributed by atoms with E-state index in [0.717, 1.165) is 27.8 Å². The van der Waals surface area contributed by atoms with Crippen LogP contribution < -0.4 is 9.47 Å². The zero-order valence-electron chi connectivity index (χ0n) is 18.2. The second-order valence-electron chi connectivity index (χ2n) is 7.98. The predicted octanol–water partition coefficient (Wildman–Crippen LogP) is 4.75. The summed E-state index contributed by atoms with van der Waals surface area (Å²) in [6, 6.07) is 24.3. The molecule has 7 heteroatoms. The van der Waals surface area contributed by atoms with Gasteiger partial charge in [-0.2, -0.15) is 4.31 Å². The number of nitrogens with zero attached hydrogens (tertiary/aromatic N) is 2. The molecule has 0 aliphatic carbocycles. The van der Waals surface area contributed by atoms with Gasteiger partial charge < -0.3 is 9.47 Å². The van der Waals surface area contributed by atoms with E-state index in [1.165, 1.54) is 4.31 Å². The Balaban J connectivity index is 1.30. The van der Waals surface area contributed by atoms with Gasteiger partial charge in [0.25, 0.3) is 0 Å². The van der Waals surface area contributed by atoms with Crippen LogP contribution in [0.4, 0.5) is 0 Å². The van der Waals surface area contributed by atoms with Gasteiger partial charge in [-0.25, -0.2) is 8.42 Å². The van der Waals surface area contributed by atoms with Gasteiger partial charge in [0, 0.05) is 18.1 Å². The molecule has 1 saturated heterocycles. The van der Waals surface area contributed by atoms with Crippen molar-refractivity contribution in [3.05, 3.63) is 85.1 Å². The van der Waals surface area contributed by atoms with Crippen molar-refractivity contribution < 1.29 is 17.9 Å². The number of hydrogen-bond acceptors (Lipinski definition) is 5. The van der Waals surface area contributed by atoms with Gasteiger partial charge in [0.2, 0.25) is 10.0 Å². The third-order valence-electron chi connectivity index (χ3n) is 5.91. The Bertz CT molecular complexity index is 1360. The van der Waals surface area contributed by atoms with Crippen LogP contribution in [0.5, 0.6) is 11.5 Å². The number of benzene rings is 3. The number of hydrogen-bond donors (Lipinski definition) is 0. The normalized spacial score (nSPS) is 16.7. The van der Waals surface area contributed by atoms with Crippen LogP contribution in [0.1, 0.15) is 6.42 Å². The average molecular weight is 461 g/mol. The molecule has 1 atom stereocenters. The zero-order chi connectivity index (χ0) is 22.8. The van der Waals surface area contributed by atoms with Crippen molar-refractivity contribution in [2.75, 3.05) is 20.2 Å². The Hall–Kier alpha value is -3.42. The molecule has 1 aliphatic heterocycles. The van der Waals surface area contributed by atoms with Crippen molar-refractivity contribution in [1.29, 1.82) is 0 Å². The van der Waals surface area contributed by atoms with E-state index < -0.39 is 10.0 Å². The Morgan fingerprint density at radius 2 is 1.61 bits per heavy atom. The quantitative estimate of drug-likeness (QED) is 0.415. The number of ether oxygens (including phenoxy) is 2. The fourth-order valence-electron chi connectivity index (χ4n) is 4.11. The topological polar surface area (TPSA) is 68.7 Å². The van der Waals surface area contributed by atoms with Gasteiger partial charge in [0.1, 0.15) is 23.1 Å². The first-order valence-corrected chi connectivity index (χ1v) is 12.2. The van der Waals surface area contributed by atoms with Gasteiger partial charge in [-0.15, -0.1) is 0 Å². The molecule has 4 aromatic rings. The summed E-state index contributed by atoms with van der Waals surface area (Å²) in [4.78, 5) is 4.70. The van der Waals surface area contributed by atoms with Crippen molar-refractivity contribution in [1.82, 2.24) is 9.29 Å². The molecule has 1 aliphatic rings. The largest absolute Gasteiger partial charge is 0.497 e. The molecule has 0 N–H and O–H groups in total. The van der Waals surface area contributed by atoms with Gasteiger partial charge in [0.15, 0.2) is 0 Å². The molecule has 0 radical (unpaired) electrons. The van der Waals surface area contributed by atoms with Gasteiger partial charge in [-0.05, 0) is 53.9 Å². The highest BCUT2D eigenvalue weighted by atomic mass is 32.2. The summed E-state index contributed by atoms with van der Waals surface area (Å²) < 4.78 is 39.3. The summed E-state index contributed by atoms with van der Waals surface area (Å²) in [5, 5.41) is 0.995. The molecule has 1 fully saturated rings. The molecular weight excluding hydrogens is 436 g/mol. The predicted molar refractivity (Wildman–Crippen MR) is 128 cm³/mol. The lowest BCUT2D eigenvalue weighted by molar-refractivity contribution is 0.218. The van der Waals surface area contributed by atoms with Crippen LogP contribution in [0.2, 0.25) is 0 Å². The molecular formula is C26H24N2O4S. The third kappa shape index (κ3) is 4.29.